The third-order valence-corrected chi connectivity index (χ3v) is 4.53. The van der Waals surface area contributed by atoms with E-state index >= 15 is 0 Å². The molecule has 150 valence electrons. The summed E-state index contributed by atoms with van der Waals surface area (Å²) in [5.41, 5.74) is 3.61. The van der Waals surface area contributed by atoms with E-state index in [-0.39, 0.29) is 0 Å². The Morgan fingerprint density at radius 2 is 1.70 bits per heavy atom. The molecule has 0 aliphatic heterocycles. The highest BCUT2D eigenvalue weighted by Gasteiger charge is 2.15. The maximum Gasteiger partial charge on any atom is 0.173 e. The van der Waals surface area contributed by atoms with Gasteiger partial charge in [0.2, 0.25) is 0 Å². The van der Waals surface area contributed by atoms with Crippen molar-refractivity contribution in [1.82, 2.24) is 14.8 Å². The molecule has 0 radical (unpaired) electrons. The van der Waals surface area contributed by atoms with Gasteiger partial charge < -0.3 is 9.47 Å². The van der Waals surface area contributed by atoms with Crippen LogP contribution in [-0.4, -0.2) is 29.0 Å². The summed E-state index contributed by atoms with van der Waals surface area (Å²) in [6.07, 6.45) is 3.66. The first-order valence-corrected chi connectivity index (χ1v) is 9.43. The molecule has 4 rings (SSSR count). The van der Waals surface area contributed by atoms with E-state index in [4.69, 9.17) is 14.6 Å². The van der Waals surface area contributed by atoms with Gasteiger partial charge in [-0.3, -0.25) is 0 Å². The van der Waals surface area contributed by atoms with Crippen LogP contribution in [0, 0.1) is 0 Å². The number of ether oxygens (including phenoxy) is 2. The number of pyridine rings is 1. The summed E-state index contributed by atoms with van der Waals surface area (Å²) in [6, 6.07) is 21.2. The van der Waals surface area contributed by atoms with Crippen molar-refractivity contribution in [2.45, 2.75) is 6.54 Å². The molecule has 7 heteroatoms. The average molecular weight is 399 g/mol. The summed E-state index contributed by atoms with van der Waals surface area (Å²) in [7, 11) is 3.23. The Morgan fingerprint density at radius 1 is 0.900 bits per heavy atom. The highest BCUT2D eigenvalue weighted by atomic mass is 16.5. The number of azo groups is 1. The van der Waals surface area contributed by atoms with E-state index < -0.39 is 0 Å². The zero-order valence-corrected chi connectivity index (χ0v) is 16.8. The van der Waals surface area contributed by atoms with Crippen LogP contribution in [0.15, 0.2) is 89.4 Å². The number of hydrogen-bond acceptors (Lipinski definition) is 6. The molecule has 0 aliphatic rings. The maximum atomic E-state index is 5.46. The molecule has 2 heterocycles. The van der Waals surface area contributed by atoms with Gasteiger partial charge in [0.05, 0.1) is 32.1 Å². The molecule has 2 aromatic heterocycles. The van der Waals surface area contributed by atoms with Crippen LogP contribution in [0.2, 0.25) is 0 Å². The Bertz CT molecular complexity index is 1140. The summed E-state index contributed by atoms with van der Waals surface area (Å²) in [6.45, 7) is 0.368. The van der Waals surface area contributed by atoms with Crippen molar-refractivity contribution in [2.75, 3.05) is 14.2 Å². The maximum absolute atomic E-state index is 5.46. The first-order chi connectivity index (χ1) is 14.8. The zero-order valence-electron chi connectivity index (χ0n) is 16.8. The van der Waals surface area contributed by atoms with Crippen LogP contribution in [0.25, 0.3) is 16.9 Å². The second-order valence-electron chi connectivity index (χ2n) is 6.44. The molecule has 4 aromatic rings. The molecular weight excluding hydrogens is 378 g/mol. The predicted molar refractivity (Wildman–Crippen MR) is 115 cm³/mol. The minimum atomic E-state index is 0.368. The van der Waals surface area contributed by atoms with Crippen molar-refractivity contribution < 1.29 is 9.47 Å². The van der Waals surface area contributed by atoms with Gasteiger partial charge in [-0.2, -0.15) is 10.2 Å². The molecule has 0 fully saturated rings. The average Bonchev–Trinajstić information content (AvgIpc) is 3.24. The van der Waals surface area contributed by atoms with Gasteiger partial charge in [-0.25, -0.2) is 9.67 Å². The summed E-state index contributed by atoms with van der Waals surface area (Å²) < 4.78 is 12.7. The fourth-order valence-corrected chi connectivity index (χ4v) is 3.06. The quantitative estimate of drug-likeness (QED) is 0.399. The molecular formula is C23H21N5O2. The van der Waals surface area contributed by atoms with Crippen LogP contribution in [0.4, 0.5) is 5.82 Å². The van der Waals surface area contributed by atoms with Gasteiger partial charge in [0.25, 0.3) is 0 Å². The van der Waals surface area contributed by atoms with Crippen molar-refractivity contribution in [3.63, 3.8) is 0 Å². The number of benzene rings is 2. The number of para-hydroxylation sites is 1. The molecule has 0 spiro atoms. The van der Waals surface area contributed by atoms with Gasteiger partial charge in [0.1, 0.15) is 0 Å². The van der Waals surface area contributed by atoms with Gasteiger partial charge in [-0.15, -0.1) is 5.11 Å². The Balaban J connectivity index is 1.72. The third-order valence-electron chi connectivity index (χ3n) is 4.53. The van der Waals surface area contributed by atoms with E-state index in [1.807, 2.05) is 77.6 Å². The van der Waals surface area contributed by atoms with E-state index in [1.165, 1.54) is 0 Å². The Hall–Kier alpha value is -4.00. The second-order valence-corrected chi connectivity index (χ2v) is 6.44. The van der Waals surface area contributed by atoms with Gasteiger partial charge >= 0.3 is 0 Å². The standard InChI is InChI=1S/C23H21N5O2/c1-29-20-12-11-17(14-21(20)30-2)23-18(15-25-26-22-10-6-7-13-24-22)16-28(27-23)19-8-4-3-5-9-19/h3-14,16H,15H2,1-2H3. The van der Waals surface area contributed by atoms with Crippen LogP contribution < -0.4 is 9.47 Å². The molecule has 0 aliphatic carbocycles. The Morgan fingerprint density at radius 3 is 2.43 bits per heavy atom. The minimum absolute atomic E-state index is 0.368. The fourth-order valence-electron chi connectivity index (χ4n) is 3.06. The highest BCUT2D eigenvalue weighted by molar-refractivity contribution is 5.67. The molecule has 0 bridgehead atoms. The zero-order chi connectivity index (χ0) is 20.8. The number of hydrogen-bond donors (Lipinski definition) is 0. The summed E-state index contributed by atoms with van der Waals surface area (Å²) in [5.74, 6) is 1.88. The van der Waals surface area contributed by atoms with Crippen molar-refractivity contribution in [2.24, 2.45) is 10.2 Å². The van der Waals surface area contributed by atoms with Crippen LogP contribution in [0.3, 0.4) is 0 Å². The SMILES string of the molecule is COc1ccc(-c2nn(-c3ccccc3)cc2CN=Nc2ccccn2)cc1OC. The molecule has 30 heavy (non-hydrogen) atoms. The number of rotatable bonds is 7. The first kappa shape index (κ1) is 19.3. The van der Waals surface area contributed by atoms with Crippen LogP contribution >= 0.6 is 0 Å². The summed E-state index contributed by atoms with van der Waals surface area (Å²) in [4.78, 5) is 4.17. The second kappa shape index (κ2) is 9.00. The first-order valence-electron chi connectivity index (χ1n) is 9.43. The molecule has 0 saturated carbocycles. The monoisotopic (exact) mass is 399 g/mol. The number of methoxy groups -OCH3 is 2. The lowest BCUT2D eigenvalue weighted by molar-refractivity contribution is 0.355. The van der Waals surface area contributed by atoms with Crippen LogP contribution in [0.1, 0.15) is 5.56 Å². The molecule has 2 aromatic carbocycles. The number of nitrogens with zero attached hydrogens (tertiary/aromatic N) is 5. The molecule has 0 N–H and O–H groups in total. The normalized spacial score (nSPS) is 11.0. The molecule has 0 amide bonds. The van der Waals surface area contributed by atoms with E-state index in [1.54, 1.807) is 20.4 Å². The molecule has 0 atom stereocenters. The van der Waals surface area contributed by atoms with Crippen LogP contribution in [0.5, 0.6) is 11.5 Å². The van der Waals surface area contributed by atoms with Crippen molar-refractivity contribution in [3.8, 4) is 28.4 Å². The van der Waals surface area contributed by atoms with Crippen molar-refractivity contribution in [3.05, 3.63) is 84.7 Å². The van der Waals surface area contributed by atoms with E-state index in [0.717, 1.165) is 22.5 Å². The minimum Gasteiger partial charge on any atom is -0.493 e. The highest BCUT2D eigenvalue weighted by Crippen LogP contribution is 2.33. The third kappa shape index (κ3) is 4.20. The van der Waals surface area contributed by atoms with Crippen molar-refractivity contribution >= 4 is 5.82 Å². The molecule has 7 nitrogen and oxygen atoms in total. The van der Waals surface area contributed by atoms with Gasteiger partial charge in [0, 0.05) is 23.5 Å². The molecule has 0 unspecified atom stereocenters. The topological polar surface area (TPSA) is 73.9 Å². The Labute approximate surface area is 174 Å². The summed E-state index contributed by atoms with van der Waals surface area (Å²) in [5, 5.41) is 13.4. The predicted octanol–water partition coefficient (Wildman–Crippen LogP) is 5.24. The van der Waals surface area contributed by atoms with Crippen molar-refractivity contribution in [1.29, 1.82) is 0 Å². The summed E-state index contributed by atoms with van der Waals surface area (Å²) >= 11 is 0. The lowest BCUT2D eigenvalue weighted by atomic mass is 10.1. The Kier molecular flexibility index (Phi) is 5.80. The molecule has 0 saturated heterocycles. The van der Waals surface area contributed by atoms with Gasteiger partial charge in [-0.1, -0.05) is 24.3 Å². The fraction of sp³-hybridized carbons (Fsp3) is 0.130. The van der Waals surface area contributed by atoms with E-state index in [9.17, 15) is 0 Å². The largest absolute Gasteiger partial charge is 0.493 e. The van der Waals surface area contributed by atoms with Crippen LogP contribution in [-0.2, 0) is 6.54 Å². The van der Waals surface area contributed by atoms with Gasteiger partial charge in [0.15, 0.2) is 17.3 Å². The number of aromatic nitrogens is 3. The lowest BCUT2D eigenvalue weighted by Gasteiger charge is -2.09. The lowest BCUT2D eigenvalue weighted by Crippen LogP contribution is -1.95. The smallest absolute Gasteiger partial charge is 0.173 e. The van der Waals surface area contributed by atoms with Gasteiger partial charge in [-0.05, 0) is 42.5 Å². The van der Waals surface area contributed by atoms with E-state index in [2.05, 4.69) is 15.2 Å². The van der Waals surface area contributed by atoms with E-state index in [0.29, 0.717) is 23.9 Å².